The molecular weight excluding hydrogens is 295 g/mol. The Hall–Kier alpha value is -1.02. The molecule has 0 aliphatic carbocycles. The van der Waals surface area contributed by atoms with Gasteiger partial charge in [-0.05, 0) is 43.9 Å². The Morgan fingerprint density at radius 1 is 1.38 bits per heavy atom. The topological polar surface area (TPSA) is 81.4 Å². The van der Waals surface area contributed by atoms with Crippen molar-refractivity contribution < 1.29 is 17.5 Å². The van der Waals surface area contributed by atoms with Gasteiger partial charge in [0.05, 0.1) is 11.0 Å². The molecule has 0 amide bonds. The summed E-state index contributed by atoms with van der Waals surface area (Å²) in [7, 11) is -3.64. The average molecular weight is 316 g/mol. The summed E-state index contributed by atoms with van der Waals surface area (Å²) in [5, 5.41) is 0. The highest BCUT2D eigenvalue weighted by Gasteiger charge is 2.18. The Morgan fingerprint density at radius 2 is 2.19 bits per heavy atom. The van der Waals surface area contributed by atoms with Crippen molar-refractivity contribution in [3.8, 4) is 0 Å². The second-order valence-corrected chi connectivity index (χ2v) is 6.90. The lowest BCUT2D eigenvalue weighted by Crippen LogP contribution is -2.29. The summed E-state index contributed by atoms with van der Waals surface area (Å²) in [6.45, 7) is 1.02. The van der Waals surface area contributed by atoms with Crippen LogP contribution in [0.15, 0.2) is 23.1 Å². The smallest absolute Gasteiger partial charge is 0.240 e. The van der Waals surface area contributed by atoms with Crippen molar-refractivity contribution >= 4 is 10.0 Å². The molecule has 1 fully saturated rings. The zero-order valence-corrected chi connectivity index (χ0v) is 12.7. The van der Waals surface area contributed by atoms with Crippen molar-refractivity contribution in [1.82, 2.24) is 4.72 Å². The molecule has 1 aliphatic rings. The lowest BCUT2D eigenvalue weighted by Gasteiger charge is -2.22. The molecule has 1 atom stereocenters. The molecule has 1 saturated heterocycles. The molecule has 2 rings (SSSR count). The number of nitrogens with one attached hydrogen (secondary N) is 1. The number of sulfonamides is 1. The van der Waals surface area contributed by atoms with E-state index in [9.17, 15) is 12.8 Å². The van der Waals surface area contributed by atoms with Crippen LogP contribution in [0.4, 0.5) is 4.39 Å². The molecule has 0 spiro atoms. The highest BCUT2D eigenvalue weighted by Crippen LogP contribution is 2.17. The Balaban J connectivity index is 1.94. The number of hydrogen-bond donors (Lipinski definition) is 2. The maximum atomic E-state index is 13.3. The van der Waals surface area contributed by atoms with E-state index in [1.165, 1.54) is 12.1 Å². The summed E-state index contributed by atoms with van der Waals surface area (Å²) >= 11 is 0. The van der Waals surface area contributed by atoms with Crippen LogP contribution in [0.5, 0.6) is 0 Å². The molecule has 21 heavy (non-hydrogen) atoms. The number of rotatable bonds is 6. The first-order valence-electron chi connectivity index (χ1n) is 7.12. The Kier molecular flexibility index (Phi) is 5.69. The van der Waals surface area contributed by atoms with Crippen LogP contribution < -0.4 is 10.5 Å². The second-order valence-electron chi connectivity index (χ2n) is 5.13. The van der Waals surface area contributed by atoms with Crippen molar-refractivity contribution in [3.05, 3.63) is 29.6 Å². The zero-order chi connectivity index (χ0) is 15.3. The molecule has 0 aromatic heterocycles. The van der Waals surface area contributed by atoms with Gasteiger partial charge in [0.2, 0.25) is 10.0 Å². The predicted molar refractivity (Wildman–Crippen MR) is 77.7 cm³/mol. The third kappa shape index (κ3) is 4.47. The molecule has 118 valence electrons. The maximum absolute atomic E-state index is 13.3. The summed E-state index contributed by atoms with van der Waals surface area (Å²) in [5.74, 6) is -0.493. The summed E-state index contributed by atoms with van der Waals surface area (Å²) in [6, 6.07) is 3.64. The Bertz CT molecular complexity index is 572. The van der Waals surface area contributed by atoms with E-state index in [0.717, 1.165) is 31.9 Å². The van der Waals surface area contributed by atoms with Crippen LogP contribution >= 0.6 is 0 Å². The molecule has 1 aliphatic heterocycles. The van der Waals surface area contributed by atoms with E-state index in [-0.39, 0.29) is 23.1 Å². The van der Waals surface area contributed by atoms with Crippen LogP contribution in [0.25, 0.3) is 0 Å². The Morgan fingerprint density at radius 3 is 2.86 bits per heavy atom. The van der Waals surface area contributed by atoms with E-state index in [0.29, 0.717) is 13.0 Å². The molecule has 1 unspecified atom stereocenters. The SMILES string of the molecule is NCc1cc(S(=O)(=O)NCCC2CCCCO2)ccc1F. The first-order valence-corrected chi connectivity index (χ1v) is 8.61. The van der Waals surface area contributed by atoms with Crippen LogP contribution in [0.1, 0.15) is 31.2 Å². The molecular formula is C14H21FN2O3S. The lowest BCUT2D eigenvalue weighted by molar-refractivity contribution is 0.0123. The van der Waals surface area contributed by atoms with E-state index >= 15 is 0 Å². The van der Waals surface area contributed by atoms with Crippen LogP contribution in [-0.2, 0) is 21.3 Å². The highest BCUT2D eigenvalue weighted by molar-refractivity contribution is 7.89. The maximum Gasteiger partial charge on any atom is 0.240 e. The first-order chi connectivity index (χ1) is 10.0. The van der Waals surface area contributed by atoms with Gasteiger partial charge in [0.1, 0.15) is 5.82 Å². The summed E-state index contributed by atoms with van der Waals surface area (Å²) < 4.78 is 45.7. The molecule has 1 aromatic carbocycles. The van der Waals surface area contributed by atoms with Gasteiger partial charge < -0.3 is 10.5 Å². The van der Waals surface area contributed by atoms with E-state index in [1.54, 1.807) is 0 Å². The minimum absolute atomic E-state index is 0.0360. The standard InChI is InChI=1S/C14H21FN2O3S/c15-14-5-4-13(9-11(14)10-16)21(18,19)17-7-6-12-3-1-2-8-20-12/h4-5,9,12,17H,1-3,6-8,10,16H2. The summed E-state index contributed by atoms with van der Waals surface area (Å²) in [5.41, 5.74) is 5.58. The normalized spacial score (nSPS) is 19.6. The highest BCUT2D eigenvalue weighted by atomic mass is 32.2. The van der Waals surface area contributed by atoms with Crippen molar-refractivity contribution in [1.29, 1.82) is 0 Å². The van der Waals surface area contributed by atoms with E-state index < -0.39 is 15.8 Å². The summed E-state index contributed by atoms with van der Waals surface area (Å²) in [4.78, 5) is 0.0360. The van der Waals surface area contributed by atoms with Crippen LogP contribution in [-0.4, -0.2) is 27.7 Å². The quantitative estimate of drug-likeness (QED) is 0.834. The van der Waals surface area contributed by atoms with Gasteiger partial charge in [-0.2, -0.15) is 0 Å². The van der Waals surface area contributed by atoms with Gasteiger partial charge in [0, 0.05) is 25.3 Å². The molecule has 1 heterocycles. The minimum Gasteiger partial charge on any atom is -0.378 e. The van der Waals surface area contributed by atoms with Crippen LogP contribution in [0, 0.1) is 5.82 Å². The molecule has 7 heteroatoms. The van der Waals surface area contributed by atoms with Crippen LogP contribution in [0.2, 0.25) is 0 Å². The largest absolute Gasteiger partial charge is 0.378 e. The van der Waals surface area contributed by atoms with Crippen molar-refractivity contribution in [3.63, 3.8) is 0 Å². The monoisotopic (exact) mass is 316 g/mol. The number of hydrogen-bond acceptors (Lipinski definition) is 4. The van der Waals surface area contributed by atoms with Crippen LogP contribution in [0.3, 0.4) is 0 Å². The molecule has 0 bridgehead atoms. The zero-order valence-electron chi connectivity index (χ0n) is 11.8. The van der Waals surface area contributed by atoms with Gasteiger partial charge in [0.15, 0.2) is 0 Å². The minimum atomic E-state index is -3.64. The van der Waals surface area contributed by atoms with E-state index in [1.807, 2.05) is 0 Å². The van der Waals surface area contributed by atoms with Gasteiger partial charge in [-0.15, -0.1) is 0 Å². The summed E-state index contributed by atoms with van der Waals surface area (Å²) in [6.07, 6.45) is 3.92. The molecule has 0 saturated carbocycles. The predicted octanol–water partition coefficient (Wildman–Crippen LogP) is 1.52. The molecule has 3 N–H and O–H groups in total. The fraction of sp³-hybridized carbons (Fsp3) is 0.571. The third-order valence-corrected chi connectivity index (χ3v) is 5.04. The molecule has 0 radical (unpaired) electrons. The van der Waals surface area contributed by atoms with Gasteiger partial charge in [-0.3, -0.25) is 0 Å². The fourth-order valence-corrected chi connectivity index (χ4v) is 3.45. The van der Waals surface area contributed by atoms with Gasteiger partial charge in [0.25, 0.3) is 0 Å². The van der Waals surface area contributed by atoms with Gasteiger partial charge >= 0.3 is 0 Å². The number of nitrogens with two attached hydrogens (primary N) is 1. The Labute approximate surface area is 124 Å². The first kappa shape index (κ1) is 16.4. The second kappa shape index (κ2) is 7.31. The van der Waals surface area contributed by atoms with Crippen molar-refractivity contribution in [2.24, 2.45) is 5.73 Å². The number of halogens is 1. The van der Waals surface area contributed by atoms with Crippen molar-refractivity contribution in [2.45, 2.75) is 43.2 Å². The molecule has 1 aromatic rings. The average Bonchev–Trinajstić information content (AvgIpc) is 2.48. The molecule has 5 nitrogen and oxygen atoms in total. The van der Waals surface area contributed by atoms with Gasteiger partial charge in [-0.25, -0.2) is 17.5 Å². The van der Waals surface area contributed by atoms with E-state index in [2.05, 4.69) is 4.72 Å². The number of ether oxygens (including phenoxy) is 1. The van der Waals surface area contributed by atoms with E-state index in [4.69, 9.17) is 10.5 Å². The van der Waals surface area contributed by atoms with Crippen molar-refractivity contribution in [2.75, 3.05) is 13.2 Å². The number of benzene rings is 1. The lowest BCUT2D eigenvalue weighted by atomic mass is 10.1. The fourth-order valence-electron chi connectivity index (χ4n) is 2.35. The third-order valence-electron chi connectivity index (χ3n) is 3.58. The van der Waals surface area contributed by atoms with Gasteiger partial charge in [-0.1, -0.05) is 0 Å².